The smallest absolute Gasteiger partial charge is 0.135 e. The number of nitrogens with one attached hydrogen (secondary N) is 1. The summed E-state index contributed by atoms with van der Waals surface area (Å²) >= 11 is 0. The van der Waals surface area contributed by atoms with Gasteiger partial charge in [-0.25, -0.2) is 19.9 Å². The van der Waals surface area contributed by atoms with Gasteiger partial charge in [0.05, 0.1) is 12.2 Å². The van der Waals surface area contributed by atoms with Crippen LogP contribution in [0.1, 0.15) is 24.6 Å². The van der Waals surface area contributed by atoms with Gasteiger partial charge in [-0.1, -0.05) is 13.3 Å². The van der Waals surface area contributed by atoms with Gasteiger partial charge in [-0.3, -0.25) is 0 Å². The lowest BCUT2D eigenvalue weighted by atomic mass is 10.1. The van der Waals surface area contributed by atoms with Gasteiger partial charge in [0, 0.05) is 11.8 Å². The first-order chi connectivity index (χ1) is 8.81. The Morgan fingerprint density at radius 1 is 1.22 bits per heavy atom. The van der Waals surface area contributed by atoms with Crippen molar-refractivity contribution in [3.63, 3.8) is 0 Å². The third-order valence-electron chi connectivity index (χ3n) is 2.56. The van der Waals surface area contributed by atoms with E-state index < -0.39 is 0 Å². The van der Waals surface area contributed by atoms with Crippen LogP contribution in [-0.4, -0.2) is 19.9 Å². The van der Waals surface area contributed by atoms with E-state index in [2.05, 4.69) is 32.2 Å². The molecule has 0 atom stereocenters. The molecule has 0 aliphatic rings. The van der Waals surface area contributed by atoms with Crippen LogP contribution in [-0.2, 0) is 13.0 Å². The van der Waals surface area contributed by atoms with Crippen LogP contribution >= 0.6 is 0 Å². The van der Waals surface area contributed by atoms with Crippen molar-refractivity contribution >= 4 is 11.6 Å². The average molecular weight is 244 g/mol. The Morgan fingerprint density at radius 2 is 2.11 bits per heavy atom. The van der Waals surface area contributed by atoms with Crippen LogP contribution in [0.15, 0.2) is 24.9 Å². The van der Waals surface area contributed by atoms with Gasteiger partial charge in [-0.15, -0.1) is 0 Å². The molecule has 2 heterocycles. The van der Waals surface area contributed by atoms with Crippen molar-refractivity contribution in [1.29, 1.82) is 0 Å². The van der Waals surface area contributed by atoms with E-state index in [0.717, 1.165) is 29.9 Å². The van der Waals surface area contributed by atoms with Crippen LogP contribution in [0.4, 0.5) is 11.6 Å². The van der Waals surface area contributed by atoms with Gasteiger partial charge in [0.25, 0.3) is 0 Å². The highest BCUT2D eigenvalue weighted by Crippen LogP contribution is 2.19. The fourth-order valence-electron chi connectivity index (χ4n) is 1.67. The Balaban J connectivity index is 2.11. The third kappa shape index (κ3) is 2.91. The molecule has 2 rings (SSSR count). The molecule has 94 valence electrons. The standard InChI is InChI=1S/C12H16N6/c1-2-3-10-11(13)17-8-18-12(10)15-6-9-4-5-14-7-16-9/h4-5,7-8H,2-3,6H2,1H3,(H3,13,15,17,18). The Morgan fingerprint density at radius 3 is 2.83 bits per heavy atom. The summed E-state index contributed by atoms with van der Waals surface area (Å²) < 4.78 is 0. The molecule has 0 saturated carbocycles. The number of hydrogen-bond acceptors (Lipinski definition) is 6. The maximum Gasteiger partial charge on any atom is 0.135 e. The predicted octanol–water partition coefficient (Wildman–Crippen LogP) is 1.41. The molecule has 0 aromatic carbocycles. The Hall–Kier alpha value is -2.24. The molecule has 0 fully saturated rings. The molecule has 18 heavy (non-hydrogen) atoms. The summed E-state index contributed by atoms with van der Waals surface area (Å²) in [6.45, 7) is 2.69. The van der Waals surface area contributed by atoms with Gasteiger partial charge in [0.1, 0.15) is 24.3 Å². The molecule has 6 nitrogen and oxygen atoms in total. The van der Waals surface area contributed by atoms with Crippen molar-refractivity contribution in [3.8, 4) is 0 Å². The van der Waals surface area contributed by atoms with E-state index in [-0.39, 0.29) is 0 Å². The van der Waals surface area contributed by atoms with Gasteiger partial charge in [-0.05, 0) is 12.5 Å². The molecule has 0 unspecified atom stereocenters. The summed E-state index contributed by atoms with van der Waals surface area (Å²) in [6, 6.07) is 1.86. The highest BCUT2D eigenvalue weighted by molar-refractivity contribution is 5.55. The Kier molecular flexibility index (Phi) is 4.01. The van der Waals surface area contributed by atoms with Crippen LogP contribution in [0.25, 0.3) is 0 Å². The zero-order chi connectivity index (χ0) is 12.8. The van der Waals surface area contributed by atoms with Crippen molar-refractivity contribution in [3.05, 3.63) is 36.2 Å². The van der Waals surface area contributed by atoms with E-state index in [4.69, 9.17) is 5.73 Å². The largest absolute Gasteiger partial charge is 0.383 e. The highest BCUT2D eigenvalue weighted by atomic mass is 15.0. The Bertz CT molecular complexity index is 499. The minimum absolute atomic E-state index is 0.539. The number of aromatic nitrogens is 4. The van der Waals surface area contributed by atoms with Crippen molar-refractivity contribution in [2.75, 3.05) is 11.1 Å². The second kappa shape index (κ2) is 5.90. The van der Waals surface area contributed by atoms with Crippen LogP contribution in [0, 0.1) is 0 Å². The normalized spacial score (nSPS) is 10.3. The molecule has 0 aliphatic carbocycles. The minimum Gasteiger partial charge on any atom is -0.383 e. The predicted molar refractivity (Wildman–Crippen MR) is 69.8 cm³/mol. The number of rotatable bonds is 5. The fraction of sp³-hybridized carbons (Fsp3) is 0.333. The van der Waals surface area contributed by atoms with Crippen LogP contribution < -0.4 is 11.1 Å². The first-order valence-corrected chi connectivity index (χ1v) is 5.89. The van der Waals surface area contributed by atoms with Gasteiger partial charge in [-0.2, -0.15) is 0 Å². The molecule has 0 bridgehead atoms. The summed E-state index contributed by atoms with van der Waals surface area (Å²) in [7, 11) is 0. The lowest BCUT2D eigenvalue weighted by molar-refractivity contribution is 0.897. The highest BCUT2D eigenvalue weighted by Gasteiger charge is 2.08. The average Bonchev–Trinajstić information content (AvgIpc) is 2.41. The van der Waals surface area contributed by atoms with Crippen molar-refractivity contribution < 1.29 is 0 Å². The summed E-state index contributed by atoms with van der Waals surface area (Å²) in [5.41, 5.74) is 7.73. The van der Waals surface area contributed by atoms with E-state index in [1.165, 1.54) is 12.7 Å². The second-order valence-electron chi connectivity index (χ2n) is 3.89. The van der Waals surface area contributed by atoms with Gasteiger partial charge in [0.15, 0.2) is 0 Å². The van der Waals surface area contributed by atoms with Gasteiger partial charge < -0.3 is 11.1 Å². The van der Waals surface area contributed by atoms with Gasteiger partial charge in [0.2, 0.25) is 0 Å². The Labute approximate surface area is 106 Å². The minimum atomic E-state index is 0.539. The summed E-state index contributed by atoms with van der Waals surface area (Å²) in [6.07, 6.45) is 6.57. The number of nitrogens with zero attached hydrogens (tertiary/aromatic N) is 4. The number of anilines is 2. The summed E-state index contributed by atoms with van der Waals surface area (Å²) in [5.74, 6) is 1.32. The maximum absolute atomic E-state index is 5.86. The molecule has 0 amide bonds. The van der Waals surface area contributed by atoms with Crippen LogP contribution in [0.3, 0.4) is 0 Å². The molecule has 0 aliphatic heterocycles. The molecular weight excluding hydrogens is 228 g/mol. The number of nitrogen functional groups attached to an aromatic ring is 1. The van der Waals surface area contributed by atoms with E-state index in [9.17, 15) is 0 Å². The molecule has 6 heteroatoms. The topological polar surface area (TPSA) is 89.6 Å². The zero-order valence-electron chi connectivity index (χ0n) is 10.3. The lowest BCUT2D eigenvalue weighted by Gasteiger charge is -2.11. The molecule has 2 aromatic heterocycles. The van der Waals surface area contributed by atoms with Crippen LogP contribution in [0.5, 0.6) is 0 Å². The van der Waals surface area contributed by atoms with Gasteiger partial charge >= 0.3 is 0 Å². The molecule has 0 saturated heterocycles. The van der Waals surface area contributed by atoms with E-state index >= 15 is 0 Å². The SMILES string of the molecule is CCCc1c(N)ncnc1NCc1ccncn1. The summed E-state index contributed by atoms with van der Waals surface area (Å²) in [4.78, 5) is 16.3. The maximum atomic E-state index is 5.86. The number of hydrogen-bond donors (Lipinski definition) is 2. The van der Waals surface area contributed by atoms with E-state index in [0.29, 0.717) is 12.4 Å². The van der Waals surface area contributed by atoms with E-state index in [1.807, 2.05) is 6.07 Å². The van der Waals surface area contributed by atoms with Crippen LogP contribution in [0.2, 0.25) is 0 Å². The van der Waals surface area contributed by atoms with E-state index in [1.54, 1.807) is 6.20 Å². The molecule has 0 radical (unpaired) electrons. The number of nitrogens with two attached hydrogens (primary N) is 1. The van der Waals surface area contributed by atoms with Crippen molar-refractivity contribution in [1.82, 2.24) is 19.9 Å². The fourth-order valence-corrected chi connectivity index (χ4v) is 1.67. The first-order valence-electron chi connectivity index (χ1n) is 5.89. The molecule has 3 N–H and O–H groups in total. The molecule has 2 aromatic rings. The van der Waals surface area contributed by atoms with Crippen molar-refractivity contribution in [2.24, 2.45) is 0 Å². The zero-order valence-corrected chi connectivity index (χ0v) is 10.3. The quantitative estimate of drug-likeness (QED) is 0.826. The van der Waals surface area contributed by atoms with Crippen molar-refractivity contribution in [2.45, 2.75) is 26.3 Å². The summed E-state index contributed by atoms with van der Waals surface area (Å²) in [5, 5.41) is 3.23. The molecular formula is C12H16N6. The first kappa shape index (κ1) is 12.2. The lowest BCUT2D eigenvalue weighted by Crippen LogP contribution is -2.09. The third-order valence-corrected chi connectivity index (χ3v) is 2.56. The second-order valence-corrected chi connectivity index (χ2v) is 3.89. The molecule has 0 spiro atoms. The monoisotopic (exact) mass is 244 g/mol.